The number of rotatable bonds is 10. The third kappa shape index (κ3) is 6.42. The Kier molecular flexibility index (Phi) is 8.27. The van der Waals surface area contributed by atoms with Gasteiger partial charge in [0.15, 0.2) is 5.78 Å². The maximum Gasteiger partial charge on any atom is 0.247 e. The van der Waals surface area contributed by atoms with E-state index in [4.69, 9.17) is 9.84 Å². The van der Waals surface area contributed by atoms with E-state index in [0.717, 1.165) is 28.1 Å². The Labute approximate surface area is 233 Å². The van der Waals surface area contributed by atoms with Gasteiger partial charge in [-0.15, -0.1) is 0 Å². The number of ketones is 1. The Bertz CT molecular complexity index is 1610. The van der Waals surface area contributed by atoms with Gasteiger partial charge in [-0.05, 0) is 48.0 Å². The van der Waals surface area contributed by atoms with Gasteiger partial charge in [-0.3, -0.25) is 9.59 Å². The molecule has 1 heterocycles. The zero-order valence-electron chi connectivity index (χ0n) is 22.2. The zero-order valence-corrected chi connectivity index (χ0v) is 22.2. The van der Waals surface area contributed by atoms with Crippen LogP contribution in [0.5, 0.6) is 5.75 Å². The van der Waals surface area contributed by atoms with Gasteiger partial charge in [-0.1, -0.05) is 78.9 Å². The lowest BCUT2D eigenvalue weighted by molar-refractivity contribution is -0.117. The van der Waals surface area contributed by atoms with Crippen LogP contribution in [0.25, 0.3) is 23.0 Å². The highest BCUT2D eigenvalue weighted by Gasteiger charge is 2.19. The number of Topliss-reactive ketones (excluding diaryl/α,β-unsaturated/α-hetero) is 1. The first kappa shape index (κ1) is 26.4. The first-order chi connectivity index (χ1) is 19.6. The monoisotopic (exact) mass is 527 g/mol. The molecule has 0 aliphatic rings. The summed E-state index contributed by atoms with van der Waals surface area (Å²) in [7, 11) is 1.58. The second kappa shape index (κ2) is 12.5. The lowest BCUT2D eigenvalue weighted by Crippen LogP contribution is -2.25. The Morgan fingerprint density at radius 3 is 2.10 bits per heavy atom. The summed E-state index contributed by atoms with van der Waals surface area (Å²) in [4.78, 5) is 26.9. The van der Waals surface area contributed by atoms with Gasteiger partial charge in [0.1, 0.15) is 5.75 Å². The van der Waals surface area contributed by atoms with Crippen molar-refractivity contribution in [2.45, 2.75) is 13.0 Å². The van der Waals surface area contributed by atoms with Crippen molar-refractivity contribution >= 4 is 17.8 Å². The number of methoxy groups -OCH3 is 1. The number of hydrogen-bond acceptors (Lipinski definition) is 4. The Balaban J connectivity index is 1.53. The van der Waals surface area contributed by atoms with Crippen molar-refractivity contribution in [3.63, 3.8) is 0 Å². The highest BCUT2D eigenvalue weighted by molar-refractivity contribution is 6.07. The molecule has 1 aromatic heterocycles. The summed E-state index contributed by atoms with van der Waals surface area (Å²) in [6.07, 6.45) is 3.59. The van der Waals surface area contributed by atoms with Crippen molar-refractivity contribution in [3.8, 4) is 22.7 Å². The van der Waals surface area contributed by atoms with E-state index in [9.17, 15) is 9.59 Å². The minimum atomic E-state index is -0.308. The molecule has 0 saturated heterocycles. The fraction of sp³-hybridized carbons (Fsp3) is 0.0882. The van der Waals surface area contributed by atoms with Crippen molar-refractivity contribution < 1.29 is 14.3 Å². The third-order valence-electron chi connectivity index (χ3n) is 6.49. The van der Waals surface area contributed by atoms with Crippen LogP contribution in [0.4, 0.5) is 0 Å². The smallest absolute Gasteiger partial charge is 0.247 e. The fourth-order valence-electron chi connectivity index (χ4n) is 4.35. The summed E-state index contributed by atoms with van der Waals surface area (Å²) in [6, 6.07) is 36.2. The van der Waals surface area contributed by atoms with E-state index in [-0.39, 0.29) is 18.1 Å². The lowest BCUT2D eigenvalue weighted by Gasteiger charge is -2.10. The van der Waals surface area contributed by atoms with Gasteiger partial charge in [0.05, 0.1) is 18.5 Å². The number of nitrogens with one attached hydrogen (secondary N) is 1. The summed E-state index contributed by atoms with van der Waals surface area (Å²) >= 11 is 0. The highest BCUT2D eigenvalue weighted by atomic mass is 16.5. The molecule has 0 bridgehead atoms. The second-order valence-corrected chi connectivity index (χ2v) is 9.25. The van der Waals surface area contributed by atoms with Crippen LogP contribution in [0, 0.1) is 0 Å². The minimum absolute atomic E-state index is 0.0717. The van der Waals surface area contributed by atoms with E-state index in [1.54, 1.807) is 42.1 Å². The molecule has 0 spiro atoms. The summed E-state index contributed by atoms with van der Waals surface area (Å²) in [5, 5.41) is 7.84. The number of benzene rings is 4. The molecule has 5 aromatic rings. The normalized spacial score (nSPS) is 11.2. The summed E-state index contributed by atoms with van der Waals surface area (Å²) < 4.78 is 7.01. The van der Waals surface area contributed by atoms with Gasteiger partial charge in [-0.25, -0.2) is 4.68 Å². The standard InChI is InChI=1S/C34H29N3O3/c1-40-31-19-17-26(18-20-31)32(38)22-28(34(39)35-23-25-11-5-2-6-12-25)21-29-24-37(30-15-9-4-10-16-30)36-33(29)27-13-7-3-8-14-27/h2-21,24H,22-23H2,1H3,(H,35,39)/b28-21+. The second-order valence-electron chi connectivity index (χ2n) is 9.25. The number of para-hydroxylation sites is 1. The van der Waals surface area contributed by atoms with Gasteiger partial charge in [-0.2, -0.15) is 5.10 Å². The summed E-state index contributed by atoms with van der Waals surface area (Å²) in [5.41, 5.74) is 5.08. The first-order valence-electron chi connectivity index (χ1n) is 13.0. The predicted molar refractivity (Wildman–Crippen MR) is 157 cm³/mol. The summed E-state index contributed by atoms with van der Waals surface area (Å²) in [6.45, 7) is 0.350. The molecule has 0 atom stereocenters. The molecule has 6 heteroatoms. The lowest BCUT2D eigenvalue weighted by atomic mass is 9.99. The van der Waals surface area contributed by atoms with E-state index in [1.165, 1.54) is 0 Å². The Hall–Kier alpha value is -5.23. The topological polar surface area (TPSA) is 73.2 Å². The number of amides is 1. The molecular weight excluding hydrogens is 498 g/mol. The van der Waals surface area contributed by atoms with Crippen molar-refractivity contribution in [3.05, 3.63) is 144 Å². The molecule has 5 rings (SSSR count). The number of carbonyl (C=O) groups excluding carboxylic acids is 2. The number of nitrogens with zero attached hydrogens (tertiary/aromatic N) is 2. The van der Waals surface area contributed by atoms with Crippen molar-refractivity contribution in [2.75, 3.05) is 7.11 Å². The highest BCUT2D eigenvalue weighted by Crippen LogP contribution is 2.27. The maximum atomic E-state index is 13.5. The van der Waals surface area contributed by atoms with Gasteiger partial charge >= 0.3 is 0 Å². The number of carbonyl (C=O) groups is 2. The molecule has 0 saturated carbocycles. The Morgan fingerprint density at radius 2 is 1.45 bits per heavy atom. The SMILES string of the molecule is COc1ccc(C(=O)C/C(=C\c2cn(-c3ccccc3)nc2-c2ccccc2)C(=O)NCc2ccccc2)cc1. The number of hydrogen-bond donors (Lipinski definition) is 1. The molecular formula is C34H29N3O3. The molecule has 1 amide bonds. The van der Waals surface area contributed by atoms with Gasteiger partial charge in [0.2, 0.25) is 5.91 Å². The number of ether oxygens (including phenoxy) is 1. The van der Waals surface area contributed by atoms with Crippen molar-refractivity contribution in [1.29, 1.82) is 0 Å². The molecule has 4 aromatic carbocycles. The van der Waals surface area contributed by atoms with Gasteiger partial charge in [0.25, 0.3) is 0 Å². The first-order valence-corrected chi connectivity index (χ1v) is 13.0. The third-order valence-corrected chi connectivity index (χ3v) is 6.49. The minimum Gasteiger partial charge on any atom is -0.497 e. The van der Waals surface area contributed by atoms with E-state index in [2.05, 4.69) is 5.32 Å². The van der Waals surface area contributed by atoms with Gasteiger partial charge in [0, 0.05) is 41.4 Å². The summed E-state index contributed by atoms with van der Waals surface area (Å²) in [5.74, 6) is 0.186. The van der Waals surface area contributed by atoms with Crippen LogP contribution < -0.4 is 10.1 Å². The molecule has 0 fully saturated rings. The zero-order chi connectivity index (χ0) is 27.7. The van der Waals surface area contributed by atoms with Crippen molar-refractivity contribution in [1.82, 2.24) is 15.1 Å². The van der Waals surface area contributed by atoms with Crippen molar-refractivity contribution in [2.24, 2.45) is 0 Å². The van der Waals surface area contributed by atoms with Crippen LogP contribution in [0.15, 0.2) is 127 Å². The molecule has 0 radical (unpaired) electrons. The van der Waals surface area contributed by atoms with Gasteiger partial charge < -0.3 is 10.1 Å². The molecule has 1 N–H and O–H groups in total. The van der Waals surface area contributed by atoms with E-state index in [1.807, 2.05) is 97.2 Å². The van der Waals surface area contributed by atoms with Crippen LogP contribution >= 0.6 is 0 Å². The van der Waals surface area contributed by atoms with Crippen LogP contribution in [0.1, 0.15) is 27.9 Å². The van der Waals surface area contributed by atoms with Crippen LogP contribution in [0.3, 0.4) is 0 Å². The largest absolute Gasteiger partial charge is 0.497 e. The molecule has 6 nitrogen and oxygen atoms in total. The maximum absolute atomic E-state index is 13.5. The quantitative estimate of drug-likeness (QED) is 0.166. The molecule has 40 heavy (non-hydrogen) atoms. The number of aromatic nitrogens is 2. The fourth-order valence-corrected chi connectivity index (χ4v) is 4.35. The average molecular weight is 528 g/mol. The Morgan fingerprint density at radius 1 is 0.825 bits per heavy atom. The predicted octanol–water partition coefficient (Wildman–Crippen LogP) is 6.52. The molecule has 0 aliphatic carbocycles. The molecule has 0 unspecified atom stereocenters. The van der Waals surface area contributed by atoms with Crippen LogP contribution in [-0.4, -0.2) is 28.6 Å². The average Bonchev–Trinajstić information content (AvgIpc) is 3.44. The van der Waals surface area contributed by atoms with Crippen LogP contribution in [0.2, 0.25) is 0 Å². The van der Waals surface area contributed by atoms with E-state index >= 15 is 0 Å². The molecule has 198 valence electrons. The van der Waals surface area contributed by atoms with E-state index in [0.29, 0.717) is 23.4 Å². The van der Waals surface area contributed by atoms with Crippen LogP contribution in [-0.2, 0) is 11.3 Å². The van der Waals surface area contributed by atoms with E-state index < -0.39 is 0 Å². The molecule has 0 aliphatic heterocycles.